The van der Waals surface area contributed by atoms with E-state index in [1.165, 1.54) is 28.4 Å². The lowest BCUT2D eigenvalue weighted by atomic mass is 10.0. The summed E-state index contributed by atoms with van der Waals surface area (Å²) in [4.78, 5) is 0. The Morgan fingerprint density at radius 2 is 2.00 bits per heavy atom. The van der Waals surface area contributed by atoms with Gasteiger partial charge >= 0.3 is 0 Å². The molecule has 1 atom stereocenters. The van der Waals surface area contributed by atoms with E-state index in [2.05, 4.69) is 66.0 Å². The van der Waals surface area contributed by atoms with Gasteiger partial charge in [-0.25, -0.2) is 0 Å². The summed E-state index contributed by atoms with van der Waals surface area (Å²) in [5.41, 5.74) is 1.45. The number of halogens is 1. The van der Waals surface area contributed by atoms with Crippen molar-refractivity contribution >= 4 is 22.6 Å². The first-order chi connectivity index (χ1) is 7.29. The molecule has 1 N–H and O–H groups in total. The van der Waals surface area contributed by atoms with Crippen molar-refractivity contribution in [3.8, 4) is 0 Å². The molecule has 0 fully saturated rings. The lowest BCUT2D eigenvalue weighted by molar-refractivity contribution is 0.493. The van der Waals surface area contributed by atoms with E-state index >= 15 is 0 Å². The molecule has 1 aromatic rings. The molecule has 15 heavy (non-hydrogen) atoms. The van der Waals surface area contributed by atoms with E-state index in [-0.39, 0.29) is 0 Å². The Bertz CT molecular complexity index is 286. The highest BCUT2D eigenvalue weighted by molar-refractivity contribution is 14.1. The second kappa shape index (κ2) is 7.23. The van der Waals surface area contributed by atoms with Crippen molar-refractivity contribution in [3.05, 3.63) is 33.4 Å². The molecule has 0 aromatic heterocycles. The fourth-order valence-corrected chi connectivity index (χ4v) is 2.54. The van der Waals surface area contributed by atoms with Gasteiger partial charge in [-0.3, -0.25) is 0 Å². The molecule has 2 heteroatoms. The van der Waals surface area contributed by atoms with Gasteiger partial charge in [0.05, 0.1) is 0 Å². The molecule has 0 radical (unpaired) electrons. The van der Waals surface area contributed by atoms with Crippen LogP contribution in [0.4, 0.5) is 0 Å². The van der Waals surface area contributed by atoms with E-state index in [0.717, 1.165) is 6.54 Å². The van der Waals surface area contributed by atoms with Gasteiger partial charge in [0, 0.05) is 9.61 Å². The summed E-state index contributed by atoms with van der Waals surface area (Å²) in [5.74, 6) is 0. The molecule has 0 aliphatic carbocycles. The first-order valence-corrected chi connectivity index (χ1v) is 6.85. The Morgan fingerprint density at radius 1 is 1.27 bits per heavy atom. The Labute approximate surface area is 107 Å². The first kappa shape index (κ1) is 13.0. The molecule has 0 aliphatic rings. The smallest absolute Gasteiger partial charge is 0.0330 e. The molecule has 84 valence electrons. The maximum atomic E-state index is 3.57. The molecule has 1 unspecified atom stereocenters. The van der Waals surface area contributed by atoms with Crippen LogP contribution in [-0.4, -0.2) is 6.54 Å². The van der Waals surface area contributed by atoms with E-state index in [4.69, 9.17) is 0 Å². The standard InChI is InChI=1S/C13H20IN/c1-3-5-10-13(15-4-2)11-8-6-7-9-12(11)14/h6-9,13,15H,3-5,10H2,1-2H3. The minimum absolute atomic E-state index is 0.531. The van der Waals surface area contributed by atoms with Crippen molar-refractivity contribution in [1.82, 2.24) is 5.32 Å². The lowest BCUT2D eigenvalue weighted by Crippen LogP contribution is -2.21. The zero-order valence-corrected chi connectivity index (χ0v) is 11.8. The minimum Gasteiger partial charge on any atom is -0.310 e. The number of benzene rings is 1. The summed E-state index contributed by atoms with van der Waals surface area (Å²) in [6.45, 7) is 5.47. The van der Waals surface area contributed by atoms with Gasteiger partial charge in [-0.15, -0.1) is 0 Å². The van der Waals surface area contributed by atoms with Gasteiger partial charge in [-0.2, -0.15) is 0 Å². The average molecular weight is 317 g/mol. The maximum Gasteiger partial charge on any atom is 0.0330 e. The molecule has 1 nitrogen and oxygen atoms in total. The molecular formula is C13H20IN. The van der Waals surface area contributed by atoms with Crippen molar-refractivity contribution in [2.45, 2.75) is 39.2 Å². The molecule has 0 saturated carbocycles. The van der Waals surface area contributed by atoms with Crippen molar-refractivity contribution in [2.24, 2.45) is 0 Å². The summed E-state index contributed by atoms with van der Waals surface area (Å²) in [6, 6.07) is 9.20. The highest BCUT2D eigenvalue weighted by atomic mass is 127. The molecular weight excluding hydrogens is 297 g/mol. The Balaban J connectivity index is 2.74. The van der Waals surface area contributed by atoms with Crippen molar-refractivity contribution in [1.29, 1.82) is 0 Å². The quantitative estimate of drug-likeness (QED) is 0.778. The number of rotatable bonds is 6. The normalized spacial score (nSPS) is 12.7. The fraction of sp³-hybridized carbons (Fsp3) is 0.538. The molecule has 1 rings (SSSR count). The monoisotopic (exact) mass is 317 g/mol. The van der Waals surface area contributed by atoms with Crippen molar-refractivity contribution < 1.29 is 0 Å². The van der Waals surface area contributed by atoms with Crippen LogP contribution in [0.15, 0.2) is 24.3 Å². The molecule has 0 aliphatic heterocycles. The van der Waals surface area contributed by atoms with Gasteiger partial charge in [-0.05, 0) is 47.2 Å². The van der Waals surface area contributed by atoms with E-state index in [1.54, 1.807) is 0 Å². The minimum atomic E-state index is 0.531. The average Bonchev–Trinajstić information content (AvgIpc) is 2.25. The largest absolute Gasteiger partial charge is 0.310 e. The van der Waals surface area contributed by atoms with Crippen LogP contribution in [0, 0.1) is 3.57 Å². The third-order valence-electron chi connectivity index (χ3n) is 2.58. The molecule has 1 aromatic carbocycles. The number of hydrogen-bond donors (Lipinski definition) is 1. The highest BCUT2D eigenvalue weighted by Crippen LogP contribution is 2.23. The van der Waals surface area contributed by atoms with E-state index in [0.29, 0.717) is 6.04 Å². The Hall–Kier alpha value is -0.0900. The summed E-state index contributed by atoms with van der Waals surface area (Å²) < 4.78 is 1.37. The van der Waals surface area contributed by atoms with Gasteiger partial charge < -0.3 is 5.32 Å². The van der Waals surface area contributed by atoms with Crippen LogP contribution in [0.3, 0.4) is 0 Å². The third-order valence-corrected chi connectivity index (χ3v) is 3.56. The zero-order valence-electron chi connectivity index (χ0n) is 9.59. The summed E-state index contributed by atoms with van der Waals surface area (Å²) in [6.07, 6.45) is 3.80. The van der Waals surface area contributed by atoms with E-state index < -0.39 is 0 Å². The van der Waals surface area contributed by atoms with Crippen LogP contribution in [0.5, 0.6) is 0 Å². The third kappa shape index (κ3) is 4.11. The second-order valence-electron chi connectivity index (χ2n) is 3.77. The van der Waals surface area contributed by atoms with Crippen molar-refractivity contribution in [2.75, 3.05) is 6.54 Å². The topological polar surface area (TPSA) is 12.0 Å². The van der Waals surface area contributed by atoms with E-state index in [9.17, 15) is 0 Å². The molecule has 0 amide bonds. The Kier molecular flexibility index (Phi) is 6.25. The van der Waals surface area contributed by atoms with Crippen LogP contribution in [0.1, 0.15) is 44.7 Å². The molecule has 0 bridgehead atoms. The number of hydrogen-bond acceptors (Lipinski definition) is 1. The summed E-state index contributed by atoms with van der Waals surface area (Å²) >= 11 is 2.43. The van der Waals surface area contributed by atoms with Gasteiger partial charge in [-0.1, -0.05) is 44.9 Å². The van der Waals surface area contributed by atoms with Gasteiger partial charge in [0.25, 0.3) is 0 Å². The zero-order chi connectivity index (χ0) is 11.1. The molecule has 0 saturated heterocycles. The predicted molar refractivity (Wildman–Crippen MR) is 75.1 cm³/mol. The summed E-state index contributed by atoms with van der Waals surface area (Å²) in [5, 5.41) is 3.57. The van der Waals surface area contributed by atoms with Gasteiger partial charge in [0.1, 0.15) is 0 Å². The van der Waals surface area contributed by atoms with E-state index in [1.807, 2.05) is 0 Å². The Morgan fingerprint density at radius 3 is 2.60 bits per heavy atom. The molecule has 0 heterocycles. The van der Waals surface area contributed by atoms with Gasteiger partial charge in [0.2, 0.25) is 0 Å². The highest BCUT2D eigenvalue weighted by Gasteiger charge is 2.11. The van der Waals surface area contributed by atoms with Crippen molar-refractivity contribution in [3.63, 3.8) is 0 Å². The van der Waals surface area contributed by atoms with Crippen LogP contribution in [-0.2, 0) is 0 Å². The summed E-state index contributed by atoms with van der Waals surface area (Å²) in [7, 11) is 0. The van der Waals surface area contributed by atoms with Crippen LogP contribution >= 0.6 is 22.6 Å². The van der Waals surface area contributed by atoms with Crippen LogP contribution in [0.2, 0.25) is 0 Å². The fourth-order valence-electron chi connectivity index (χ4n) is 1.78. The van der Waals surface area contributed by atoms with Gasteiger partial charge in [0.15, 0.2) is 0 Å². The molecule has 0 spiro atoms. The predicted octanol–water partition coefficient (Wildman–Crippen LogP) is 4.13. The maximum absolute atomic E-state index is 3.57. The first-order valence-electron chi connectivity index (χ1n) is 5.77. The number of nitrogens with one attached hydrogen (secondary N) is 1. The second-order valence-corrected chi connectivity index (χ2v) is 4.94. The number of unbranched alkanes of at least 4 members (excludes halogenated alkanes) is 1. The van der Waals surface area contributed by atoms with Crippen LogP contribution in [0.25, 0.3) is 0 Å². The lowest BCUT2D eigenvalue weighted by Gasteiger charge is -2.19. The SMILES string of the molecule is CCCCC(NCC)c1ccccc1I. The van der Waals surface area contributed by atoms with Crippen LogP contribution < -0.4 is 5.32 Å².